The number of carbonyl (C=O) groups is 1. The number of amides is 1. The maximum absolute atomic E-state index is 10.7. The Morgan fingerprint density at radius 2 is 1.77 bits per heavy atom. The SMILES string of the molecule is CN=C(NCCc1ccc(OCC(N)=O)cc1)NCC(C)COCc1ccccc1.I. The minimum absolute atomic E-state index is 0. The average molecular weight is 540 g/mol. The minimum atomic E-state index is -0.487. The van der Waals surface area contributed by atoms with E-state index in [9.17, 15) is 4.79 Å². The summed E-state index contributed by atoms with van der Waals surface area (Å²) in [6.45, 7) is 4.87. The largest absolute Gasteiger partial charge is 0.484 e. The first-order valence-corrected chi connectivity index (χ1v) is 10.1. The number of aliphatic imine (C=N–C) groups is 1. The number of benzene rings is 2. The summed E-state index contributed by atoms with van der Waals surface area (Å²) in [5.41, 5.74) is 7.41. The zero-order valence-corrected chi connectivity index (χ0v) is 20.5. The van der Waals surface area contributed by atoms with Gasteiger partial charge in [0, 0.05) is 20.1 Å². The Kier molecular flexibility index (Phi) is 13.3. The van der Waals surface area contributed by atoms with E-state index < -0.39 is 5.91 Å². The van der Waals surface area contributed by atoms with Gasteiger partial charge >= 0.3 is 0 Å². The number of rotatable bonds is 12. The van der Waals surface area contributed by atoms with Crippen LogP contribution in [-0.2, 0) is 22.6 Å². The predicted octanol–water partition coefficient (Wildman–Crippen LogP) is 2.73. The van der Waals surface area contributed by atoms with Crippen LogP contribution in [0.2, 0.25) is 0 Å². The van der Waals surface area contributed by atoms with Gasteiger partial charge in [0.15, 0.2) is 12.6 Å². The lowest BCUT2D eigenvalue weighted by Gasteiger charge is -2.16. The molecule has 0 saturated carbocycles. The van der Waals surface area contributed by atoms with Crippen LogP contribution >= 0.6 is 24.0 Å². The third kappa shape index (κ3) is 11.6. The maximum atomic E-state index is 10.7. The fourth-order valence-electron chi connectivity index (χ4n) is 2.73. The molecule has 170 valence electrons. The molecule has 0 aliphatic carbocycles. The molecule has 2 aromatic rings. The predicted molar refractivity (Wildman–Crippen MR) is 135 cm³/mol. The molecule has 1 atom stereocenters. The zero-order chi connectivity index (χ0) is 21.6. The Morgan fingerprint density at radius 1 is 1.06 bits per heavy atom. The van der Waals surface area contributed by atoms with Crippen LogP contribution in [0.5, 0.6) is 5.75 Å². The van der Waals surface area contributed by atoms with Crippen molar-refractivity contribution in [3.05, 3.63) is 65.7 Å². The summed E-state index contributed by atoms with van der Waals surface area (Å²) in [5, 5.41) is 6.65. The van der Waals surface area contributed by atoms with Gasteiger partial charge in [-0.1, -0.05) is 49.4 Å². The third-order valence-corrected chi connectivity index (χ3v) is 4.37. The summed E-state index contributed by atoms with van der Waals surface area (Å²) in [7, 11) is 1.76. The van der Waals surface area contributed by atoms with Crippen molar-refractivity contribution < 1.29 is 14.3 Å². The molecule has 1 unspecified atom stereocenters. The molecule has 1 amide bonds. The molecule has 0 radical (unpaired) electrons. The highest BCUT2D eigenvalue weighted by Crippen LogP contribution is 2.12. The van der Waals surface area contributed by atoms with Crippen molar-refractivity contribution in [1.82, 2.24) is 10.6 Å². The van der Waals surface area contributed by atoms with Crippen molar-refractivity contribution >= 4 is 35.8 Å². The van der Waals surface area contributed by atoms with Crippen molar-refractivity contribution in [2.75, 3.05) is 33.4 Å². The quantitative estimate of drug-likeness (QED) is 0.219. The number of hydrogen-bond donors (Lipinski definition) is 3. The van der Waals surface area contributed by atoms with Gasteiger partial charge in [0.05, 0.1) is 13.2 Å². The maximum Gasteiger partial charge on any atom is 0.255 e. The van der Waals surface area contributed by atoms with Gasteiger partial charge in [0.1, 0.15) is 5.75 Å². The van der Waals surface area contributed by atoms with Crippen LogP contribution in [0.15, 0.2) is 59.6 Å². The number of carbonyl (C=O) groups excluding carboxylic acids is 1. The smallest absolute Gasteiger partial charge is 0.255 e. The molecular formula is C23H33IN4O3. The second-order valence-corrected chi connectivity index (χ2v) is 7.13. The van der Waals surface area contributed by atoms with Crippen LogP contribution in [-0.4, -0.2) is 45.2 Å². The van der Waals surface area contributed by atoms with E-state index in [4.69, 9.17) is 15.2 Å². The van der Waals surface area contributed by atoms with E-state index >= 15 is 0 Å². The Balaban J connectivity index is 0.00000480. The lowest BCUT2D eigenvalue weighted by atomic mass is 10.1. The van der Waals surface area contributed by atoms with Crippen molar-refractivity contribution in [1.29, 1.82) is 0 Å². The zero-order valence-electron chi connectivity index (χ0n) is 18.2. The first kappa shape index (κ1) is 26.7. The molecule has 0 spiro atoms. The first-order chi connectivity index (χ1) is 14.6. The fourth-order valence-corrected chi connectivity index (χ4v) is 2.73. The topological polar surface area (TPSA) is 98.0 Å². The highest BCUT2D eigenvalue weighted by atomic mass is 127. The molecule has 0 aliphatic rings. The summed E-state index contributed by atoms with van der Waals surface area (Å²) >= 11 is 0. The van der Waals surface area contributed by atoms with Crippen molar-refractivity contribution in [3.63, 3.8) is 0 Å². The fraction of sp³-hybridized carbons (Fsp3) is 0.391. The number of ether oxygens (including phenoxy) is 2. The van der Waals surface area contributed by atoms with E-state index in [-0.39, 0.29) is 30.6 Å². The van der Waals surface area contributed by atoms with Crippen LogP contribution in [0.4, 0.5) is 0 Å². The van der Waals surface area contributed by atoms with Gasteiger partial charge in [-0.15, -0.1) is 24.0 Å². The summed E-state index contributed by atoms with van der Waals surface area (Å²) in [4.78, 5) is 15.0. The molecule has 0 fully saturated rings. The van der Waals surface area contributed by atoms with E-state index in [1.54, 1.807) is 7.05 Å². The van der Waals surface area contributed by atoms with Crippen LogP contribution < -0.4 is 21.1 Å². The van der Waals surface area contributed by atoms with Crippen LogP contribution in [0.1, 0.15) is 18.1 Å². The number of guanidine groups is 1. The normalized spacial score (nSPS) is 11.9. The molecule has 0 saturated heterocycles. The molecule has 7 nitrogen and oxygen atoms in total. The Bertz CT molecular complexity index is 785. The highest BCUT2D eigenvalue weighted by molar-refractivity contribution is 14.0. The Labute approximate surface area is 201 Å². The summed E-state index contributed by atoms with van der Waals surface area (Å²) in [6, 6.07) is 17.8. The van der Waals surface area contributed by atoms with Gasteiger partial charge in [-0.3, -0.25) is 9.79 Å². The lowest BCUT2D eigenvalue weighted by Crippen LogP contribution is -2.40. The summed E-state index contributed by atoms with van der Waals surface area (Å²) in [6.07, 6.45) is 0.840. The molecule has 8 heteroatoms. The second kappa shape index (κ2) is 15.5. The first-order valence-electron chi connectivity index (χ1n) is 10.1. The minimum Gasteiger partial charge on any atom is -0.484 e. The Morgan fingerprint density at radius 3 is 2.42 bits per heavy atom. The van der Waals surface area contributed by atoms with Crippen molar-refractivity contribution in [2.45, 2.75) is 20.0 Å². The van der Waals surface area contributed by atoms with Crippen LogP contribution in [0.25, 0.3) is 0 Å². The number of nitrogens with two attached hydrogens (primary N) is 1. The molecule has 0 aromatic heterocycles. The van der Waals surface area contributed by atoms with E-state index in [1.807, 2.05) is 42.5 Å². The number of nitrogens with one attached hydrogen (secondary N) is 2. The number of primary amides is 1. The van der Waals surface area contributed by atoms with Crippen molar-refractivity contribution in [3.8, 4) is 5.75 Å². The van der Waals surface area contributed by atoms with Crippen molar-refractivity contribution in [2.24, 2.45) is 16.6 Å². The second-order valence-electron chi connectivity index (χ2n) is 7.13. The Hall–Kier alpha value is -2.33. The molecule has 0 heterocycles. The molecule has 4 N–H and O–H groups in total. The van der Waals surface area contributed by atoms with E-state index in [2.05, 4.69) is 34.7 Å². The molecule has 2 rings (SSSR count). The van der Waals surface area contributed by atoms with Gasteiger partial charge in [-0.25, -0.2) is 0 Å². The summed E-state index contributed by atoms with van der Waals surface area (Å²) in [5.74, 6) is 1.28. The van der Waals surface area contributed by atoms with Gasteiger partial charge < -0.3 is 25.8 Å². The van der Waals surface area contributed by atoms with E-state index in [0.717, 1.165) is 31.0 Å². The van der Waals surface area contributed by atoms with Crippen LogP contribution in [0.3, 0.4) is 0 Å². The third-order valence-electron chi connectivity index (χ3n) is 4.37. The monoisotopic (exact) mass is 540 g/mol. The molecule has 0 aliphatic heterocycles. The molecule has 31 heavy (non-hydrogen) atoms. The number of halogens is 1. The molecule has 2 aromatic carbocycles. The van der Waals surface area contributed by atoms with Gasteiger partial charge in [-0.05, 0) is 35.6 Å². The number of hydrogen-bond acceptors (Lipinski definition) is 4. The standard InChI is InChI=1S/C23H32N4O3.HI/c1-18(15-29-16-20-6-4-3-5-7-20)14-27-23(25-2)26-13-12-19-8-10-21(11-9-19)30-17-22(24)28;/h3-11,18H,12-17H2,1-2H3,(H2,24,28)(H2,25,26,27);1H. The lowest BCUT2D eigenvalue weighted by molar-refractivity contribution is -0.119. The average Bonchev–Trinajstić information content (AvgIpc) is 2.76. The van der Waals surface area contributed by atoms with Gasteiger partial charge in [-0.2, -0.15) is 0 Å². The molecule has 0 bridgehead atoms. The van der Waals surface area contributed by atoms with Gasteiger partial charge in [0.2, 0.25) is 0 Å². The van der Waals surface area contributed by atoms with E-state index in [1.165, 1.54) is 5.56 Å². The number of nitrogens with zero attached hydrogens (tertiary/aromatic N) is 1. The highest BCUT2D eigenvalue weighted by Gasteiger charge is 2.05. The van der Waals surface area contributed by atoms with E-state index in [0.29, 0.717) is 24.9 Å². The molecular weight excluding hydrogens is 507 g/mol. The summed E-state index contributed by atoms with van der Waals surface area (Å²) < 4.78 is 11.1. The van der Waals surface area contributed by atoms with Crippen LogP contribution in [0, 0.1) is 5.92 Å². The van der Waals surface area contributed by atoms with Gasteiger partial charge in [0.25, 0.3) is 5.91 Å².